The van der Waals surface area contributed by atoms with Crippen LogP contribution in [0.4, 0.5) is 4.39 Å². The number of esters is 1. The first-order valence-corrected chi connectivity index (χ1v) is 5.35. The maximum atomic E-state index is 13.6. The number of benzene rings is 1. The number of methoxy groups -OCH3 is 1. The summed E-state index contributed by atoms with van der Waals surface area (Å²) in [6.45, 7) is 5.64. The molecule has 3 nitrogen and oxygen atoms in total. The number of halogens is 1. The fraction of sp³-hybridized carbons (Fsp3) is 0.462. The summed E-state index contributed by atoms with van der Waals surface area (Å²) in [5.41, 5.74) is 0.0430. The van der Waals surface area contributed by atoms with E-state index in [1.807, 2.05) is 20.8 Å². The predicted octanol–water partition coefficient (Wildman–Crippen LogP) is 2.93. The largest absolute Gasteiger partial charge is 0.465 e. The van der Waals surface area contributed by atoms with Crippen molar-refractivity contribution in [2.45, 2.75) is 33.0 Å². The highest BCUT2D eigenvalue weighted by Gasteiger charge is 2.18. The molecule has 0 aromatic heterocycles. The second-order valence-electron chi connectivity index (χ2n) is 4.66. The van der Waals surface area contributed by atoms with Gasteiger partial charge in [0, 0.05) is 5.56 Å². The third-order valence-electron chi connectivity index (χ3n) is 2.17. The van der Waals surface area contributed by atoms with E-state index in [2.05, 4.69) is 4.74 Å². The number of hydrogen-bond acceptors (Lipinski definition) is 3. The summed E-state index contributed by atoms with van der Waals surface area (Å²) in [6, 6.07) is 4.30. The topological polar surface area (TPSA) is 35.5 Å². The second kappa shape index (κ2) is 5.27. The summed E-state index contributed by atoms with van der Waals surface area (Å²) in [6.07, 6.45) is 0. The van der Waals surface area contributed by atoms with Crippen molar-refractivity contribution >= 4 is 5.97 Å². The van der Waals surface area contributed by atoms with E-state index in [9.17, 15) is 9.18 Å². The van der Waals surface area contributed by atoms with Gasteiger partial charge < -0.3 is 9.47 Å². The van der Waals surface area contributed by atoms with Crippen LogP contribution in [-0.4, -0.2) is 18.7 Å². The van der Waals surface area contributed by atoms with Gasteiger partial charge in [0.1, 0.15) is 5.82 Å². The molecule has 0 saturated carbocycles. The highest BCUT2D eigenvalue weighted by atomic mass is 19.1. The maximum absolute atomic E-state index is 13.6. The number of rotatable bonds is 3. The number of carbonyl (C=O) groups excluding carboxylic acids is 1. The first-order chi connectivity index (χ1) is 7.85. The molecule has 0 aliphatic carbocycles. The van der Waals surface area contributed by atoms with E-state index in [0.717, 1.165) is 0 Å². The molecule has 0 atom stereocenters. The van der Waals surface area contributed by atoms with Crippen LogP contribution >= 0.6 is 0 Å². The molecule has 0 spiro atoms. The standard InChI is InChI=1S/C13H17FO3/c1-13(2,3)17-8-10-9(12(15)16-4)6-5-7-11(10)14/h5-7H,8H2,1-4H3. The van der Waals surface area contributed by atoms with Crippen molar-refractivity contribution in [2.75, 3.05) is 7.11 Å². The molecule has 1 rings (SSSR count). The van der Waals surface area contributed by atoms with Gasteiger partial charge in [0.25, 0.3) is 0 Å². The molecular weight excluding hydrogens is 223 g/mol. The van der Waals surface area contributed by atoms with Crippen LogP contribution in [0.5, 0.6) is 0 Å². The molecule has 0 saturated heterocycles. The van der Waals surface area contributed by atoms with Gasteiger partial charge in [-0.3, -0.25) is 0 Å². The van der Waals surface area contributed by atoms with Crippen LogP contribution in [-0.2, 0) is 16.1 Å². The van der Waals surface area contributed by atoms with Crippen molar-refractivity contribution in [3.63, 3.8) is 0 Å². The number of ether oxygens (including phenoxy) is 2. The van der Waals surface area contributed by atoms with Crippen LogP contribution in [0.1, 0.15) is 36.7 Å². The van der Waals surface area contributed by atoms with Crippen LogP contribution in [0.25, 0.3) is 0 Å². The normalized spacial score (nSPS) is 11.4. The lowest BCUT2D eigenvalue weighted by Crippen LogP contribution is -2.20. The molecule has 1 aromatic carbocycles. The van der Waals surface area contributed by atoms with E-state index in [1.165, 1.54) is 25.3 Å². The lowest BCUT2D eigenvalue weighted by Gasteiger charge is -2.20. The molecule has 0 bridgehead atoms. The highest BCUT2D eigenvalue weighted by Crippen LogP contribution is 2.19. The van der Waals surface area contributed by atoms with E-state index in [1.54, 1.807) is 0 Å². The Morgan fingerprint density at radius 3 is 2.53 bits per heavy atom. The predicted molar refractivity (Wildman–Crippen MR) is 62.3 cm³/mol. The average molecular weight is 240 g/mol. The molecular formula is C13H17FO3. The zero-order chi connectivity index (χ0) is 13.1. The molecule has 0 unspecified atom stereocenters. The SMILES string of the molecule is COC(=O)c1cccc(F)c1COC(C)(C)C. The first-order valence-electron chi connectivity index (χ1n) is 5.35. The zero-order valence-electron chi connectivity index (χ0n) is 10.5. The summed E-state index contributed by atoms with van der Waals surface area (Å²) in [5.74, 6) is -1.02. The molecule has 17 heavy (non-hydrogen) atoms. The second-order valence-corrected chi connectivity index (χ2v) is 4.66. The fourth-order valence-corrected chi connectivity index (χ4v) is 1.30. The van der Waals surface area contributed by atoms with E-state index in [4.69, 9.17) is 4.74 Å². The minimum Gasteiger partial charge on any atom is -0.465 e. The molecule has 0 fully saturated rings. The summed E-state index contributed by atoms with van der Waals surface area (Å²) >= 11 is 0. The van der Waals surface area contributed by atoms with Gasteiger partial charge in [-0.05, 0) is 32.9 Å². The summed E-state index contributed by atoms with van der Waals surface area (Å²) in [5, 5.41) is 0. The molecule has 1 aromatic rings. The Hall–Kier alpha value is -1.42. The Balaban J connectivity index is 3.00. The monoisotopic (exact) mass is 240 g/mol. The van der Waals surface area contributed by atoms with Crippen LogP contribution in [0.3, 0.4) is 0 Å². The van der Waals surface area contributed by atoms with Crippen molar-refractivity contribution in [3.8, 4) is 0 Å². The molecule has 0 N–H and O–H groups in total. The van der Waals surface area contributed by atoms with Crippen molar-refractivity contribution in [3.05, 3.63) is 35.1 Å². The molecule has 4 heteroatoms. The Kier molecular flexibility index (Phi) is 4.23. The van der Waals surface area contributed by atoms with E-state index < -0.39 is 17.4 Å². The van der Waals surface area contributed by atoms with Gasteiger partial charge in [0.05, 0.1) is 24.9 Å². The van der Waals surface area contributed by atoms with E-state index in [-0.39, 0.29) is 17.7 Å². The van der Waals surface area contributed by atoms with Gasteiger partial charge >= 0.3 is 5.97 Å². The van der Waals surface area contributed by atoms with Crippen molar-refractivity contribution < 1.29 is 18.7 Å². The lowest BCUT2D eigenvalue weighted by molar-refractivity contribution is -0.0166. The minimum atomic E-state index is -0.558. The van der Waals surface area contributed by atoms with Crippen LogP contribution in [0.15, 0.2) is 18.2 Å². The lowest BCUT2D eigenvalue weighted by atomic mass is 10.1. The Morgan fingerprint density at radius 1 is 1.35 bits per heavy atom. The molecule has 0 aliphatic heterocycles. The third kappa shape index (κ3) is 3.82. The molecule has 0 heterocycles. The van der Waals surface area contributed by atoms with Gasteiger partial charge in [0.2, 0.25) is 0 Å². The first kappa shape index (κ1) is 13.6. The van der Waals surface area contributed by atoms with E-state index >= 15 is 0 Å². The summed E-state index contributed by atoms with van der Waals surface area (Å²) < 4.78 is 23.7. The third-order valence-corrected chi connectivity index (χ3v) is 2.17. The van der Waals surface area contributed by atoms with Crippen molar-refractivity contribution in [2.24, 2.45) is 0 Å². The molecule has 0 aliphatic rings. The van der Waals surface area contributed by atoms with Crippen molar-refractivity contribution in [1.29, 1.82) is 0 Å². The Morgan fingerprint density at radius 2 is 2.00 bits per heavy atom. The number of carbonyl (C=O) groups is 1. The smallest absolute Gasteiger partial charge is 0.338 e. The molecule has 94 valence electrons. The molecule has 0 amide bonds. The van der Waals surface area contributed by atoms with E-state index in [0.29, 0.717) is 0 Å². The van der Waals surface area contributed by atoms with Gasteiger partial charge in [-0.1, -0.05) is 6.07 Å². The summed E-state index contributed by atoms with van der Waals surface area (Å²) in [4.78, 5) is 11.5. The minimum absolute atomic E-state index is 0.0423. The quantitative estimate of drug-likeness (QED) is 0.762. The van der Waals surface area contributed by atoms with Crippen LogP contribution in [0.2, 0.25) is 0 Å². The highest BCUT2D eigenvalue weighted by molar-refractivity contribution is 5.91. The van der Waals surface area contributed by atoms with Gasteiger partial charge in [-0.25, -0.2) is 9.18 Å². The van der Waals surface area contributed by atoms with Gasteiger partial charge in [0.15, 0.2) is 0 Å². The Bertz CT molecular complexity index is 408. The van der Waals surface area contributed by atoms with Gasteiger partial charge in [-0.15, -0.1) is 0 Å². The fourth-order valence-electron chi connectivity index (χ4n) is 1.30. The number of hydrogen-bond donors (Lipinski definition) is 0. The van der Waals surface area contributed by atoms with Crippen LogP contribution < -0.4 is 0 Å². The van der Waals surface area contributed by atoms with Gasteiger partial charge in [-0.2, -0.15) is 0 Å². The van der Waals surface area contributed by atoms with Crippen molar-refractivity contribution in [1.82, 2.24) is 0 Å². The van der Waals surface area contributed by atoms with Crippen LogP contribution in [0, 0.1) is 5.82 Å². The zero-order valence-corrected chi connectivity index (χ0v) is 10.5. The maximum Gasteiger partial charge on any atom is 0.338 e. The Labute approximate surface area is 101 Å². The average Bonchev–Trinajstić information content (AvgIpc) is 2.25. The summed E-state index contributed by atoms with van der Waals surface area (Å²) in [7, 11) is 1.27. The molecule has 0 radical (unpaired) electrons.